The highest BCUT2D eigenvalue weighted by atomic mass is 79.9. The van der Waals surface area contributed by atoms with E-state index in [-0.39, 0.29) is 11.7 Å². The molecule has 0 bridgehead atoms. The van der Waals surface area contributed by atoms with E-state index in [1.54, 1.807) is 41.2 Å². The monoisotopic (exact) mass is 407 g/mol. The van der Waals surface area contributed by atoms with Gasteiger partial charge in [-0.1, -0.05) is 29.8 Å². The Labute approximate surface area is 151 Å². The van der Waals surface area contributed by atoms with Gasteiger partial charge in [0.1, 0.15) is 5.82 Å². The molecule has 0 unspecified atom stereocenters. The molecule has 0 saturated heterocycles. The summed E-state index contributed by atoms with van der Waals surface area (Å²) in [7, 11) is 0. The fraction of sp³-hybridized carbons (Fsp3) is 0.0588. The standard InChI is InChI=1S/C17H12BrClFN3O/c18-14-4-2-1-3-13(14)17(24)21-16-7-8-23(22-16)10-11-5-6-12(20)9-15(11)19/h1-9H,10H2,(H,21,22,24). The van der Waals surface area contributed by atoms with Gasteiger partial charge in [0.15, 0.2) is 5.82 Å². The van der Waals surface area contributed by atoms with Crippen molar-refractivity contribution in [3.63, 3.8) is 0 Å². The van der Waals surface area contributed by atoms with Crippen molar-refractivity contribution in [2.45, 2.75) is 6.54 Å². The van der Waals surface area contributed by atoms with Gasteiger partial charge < -0.3 is 5.32 Å². The fourth-order valence-electron chi connectivity index (χ4n) is 2.17. The molecule has 1 N–H and O–H groups in total. The molecule has 4 nitrogen and oxygen atoms in total. The van der Waals surface area contributed by atoms with Crippen molar-refractivity contribution < 1.29 is 9.18 Å². The summed E-state index contributed by atoms with van der Waals surface area (Å²) in [6, 6.07) is 13.0. The summed E-state index contributed by atoms with van der Waals surface area (Å²) in [5.41, 5.74) is 1.26. The Morgan fingerprint density at radius 3 is 2.79 bits per heavy atom. The largest absolute Gasteiger partial charge is 0.305 e. The molecule has 1 heterocycles. The van der Waals surface area contributed by atoms with E-state index >= 15 is 0 Å². The van der Waals surface area contributed by atoms with E-state index in [1.807, 2.05) is 6.07 Å². The number of aromatic nitrogens is 2. The van der Waals surface area contributed by atoms with Gasteiger partial charge in [-0.2, -0.15) is 5.10 Å². The molecule has 0 fully saturated rings. The fourth-order valence-corrected chi connectivity index (χ4v) is 2.86. The van der Waals surface area contributed by atoms with Crippen molar-refractivity contribution in [2.24, 2.45) is 0 Å². The number of nitrogens with zero attached hydrogens (tertiary/aromatic N) is 2. The van der Waals surface area contributed by atoms with Crippen LogP contribution in [0.15, 0.2) is 59.2 Å². The van der Waals surface area contributed by atoms with Crippen LogP contribution in [0, 0.1) is 5.82 Å². The lowest BCUT2D eigenvalue weighted by Crippen LogP contribution is -2.13. The molecule has 2 aromatic carbocycles. The minimum atomic E-state index is -0.384. The van der Waals surface area contributed by atoms with E-state index in [4.69, 9.17) is 11.6 Å². The number of halogens is 3. The van der Waals surface area contributed by atoms with Crippen LogP contribution in [0.3, 0.4) is 0 Å². The first-order chi connectivity index (χ1) is 11.5. The summed E-state index contributed by atoms with van der Waals surface area (Å²) in [6.45, 7) is 0.379. The molecule has 1 aromatic heterocycles. The molecule has 3 rings (SSSR count). The highest BCUT2D eigenvalue weighted by Gasteiger charge is 2.11. The second kappa shape index (κ2) is 7.15. The van der Waals surface area contributed by atoms with Crippen LogP contribution >= 0.6 is 27.5 Å². The molecule has 0 atom stereocenters. The Morgan fingerprint density at radius 2 is 2.04 bits per heavy atom. The third-order valence-electron chi connectivity index (χ3n) is 3.35. The van der Waals surface area contributed by atoms with E-state index in [0.717, 1.165) is 5.56 Å². The van der Waals surface area contributed by atoms with Gasteiger partial charge in [0.25, 0.3) is 5.91 Å². The maximum absolute atomic E-state index is 13.1. The number of carbonyl (C=O) groups excluding carboxylic acids is 1. The van der Waals surface area contributed by atoms with Crippen LogP contribution in [0.2, 0.25) is 5.02 Å². The van der Waals surface area contributed by atoms with E-state index in [1.165, 1.54) is 12.1 Å². The molecular formula is C17H12BrClFN3O. The average Bonchev–Trinajstić information content (AvgIpc) is 2.97. The molecule has 0 saturated carbocycles. The first-order valence-electron chi connectivity index (χ1n) is 7.06. The molecule has 1 amide bonds. The molecule has 0 aliphatic heterocycles. The Hall–Kier alpha value is -2.18. The summed E-state index contributed by atoms with van der Waals surface area (Å²) in [5, 5.41) is 7.35. The van der Waals surface area contributed by atoms with E-state index < -0.39 is 0 Å². The topological polar surface area (TPSA) is 46.9 Å². The van der Waals surface area contributed by atoms with Crippen molar-refractivity contribution in [3.8, 4) is 0 Å². The summed E-state index contributed by atoms with van der Waals surface area (Å²) >= 11 is 9.35. The van der Waals surface area contributed by atoms with Crippen molar-refractivity contribution in [1.29, 1.82) is 0 Å². The summed E-state index contributed by atoms with van der Waals surface area (Å²) in [5.74, 6) is -0.216. The summed E-state index contributed by atoms with van der Waals surface area (Å²) in [4.78, 5) is 12.2. The number of nitrogens with one attached hydrogen (secondary N) is 1. The van der Waals surface area contributed by atoms with Gasteiger partial charge in [0.2, 0.25) is 0 Å². The van der Waals surface area contributed by atoms with Gasteiger partial charge in [-0.3, -0.25) is 9.48 Å². The lowest BCUT2D eigenvalue weighted by molar-refractivity contribution is 0.102. The van der Waals surface area contributed by atoms with Crippen molar-refractivity contribution in [2.75, 3.05) is 5.32 Å². The van der Waals surface area contributed by atoms with Crippen LogP contribution in [0.4, 0.5) is 10.2 Å². The number of amides is 1. The first-order valence-corrected chi connectivity index (χ1v) is 8.23. The predicted octanol–water partition coefficient (Wildman–Crippen LogP) is 4.74. The molecule has 0 aliphatic carbocycles. The van der Waals surface area contributed by atoms with Gasteiger partial charge in [-0.15, -0.1) is 0 Å². The number of carbonyl (C=O) groups is 1. The van der Waals surface area contributed by atoms with E-state index in [9.17, 15) is 9.18 Å². The second-order valence-electron chi connectivity index (χ2n) is 5.07. The molecule has 0 radical (unpaired) electrons. The zero-order chi connectivity index (χ0) is 17.1. The Kier molecular flexibility index (Phi) is 4.97. The molecule has 0 spiro atoms. The zero-order valence-corrected chi connectivity index (χ0v) is 14.7. The van der Waals surface area contributed by atoms with Crippen molar-refractivity contribution in [3.05, 3.63) is 81.2 Å². The Bertz CT molecular complexity index is 897. The molecule has 24 heavy (non-hydrogen) atoms. The van der Waals surface area contributed by atoms with Crippen LogP contribution in [0.25, 0.3) is 0 Å². The van der Waals surface area contributed by atoms with Crippen LogP contribution in [0.1, 0.15) is 15.9 Å². The Morgan fingerprint density at radius 1 is 1.25 bits per heavy atom. The third-order valence-corrected chi connectivity index (χ3v) is 4.39. The highest BCUT2D eigenvalue weighted by molar-refractivity contribution is 9.10. The van der Waals surface area contributed by atoms with E-state index in [0.29, 0.717) is 27.4 Å². The molecular weight excluding hydrogens is 397 g/mol. The van der Waals surface area contributed by atoms with Crippen molar-refractivity contribution >= 4 is 39.3 Å². The molecule has 122 valence electrons. The minimum Gasteiger partial charge on any atom is -0.305 e. The van der Waals surface area contributed by atoms with Crippen molar-refractivity contribution in [1.82, 2.24) is 9.78 Å². The predicted molar refractivity (Wildman–Crippen MR) is 94.8 cm³/mol. The van der Waals surface area contributed by atoms with Crippen LogP contribution in [0.5, 0.6) is 0 Å². The molecule has 7 heteroatoms. The SMILES string of the molecule is O=C(Nc1ccn(Cc2ccc(F)cc2Cl)n1)c1ccccc1Br. The van der Waals surface area contributed by atoms with Gasteiger partial charge in [0, 0.05) is 21.8 Å². The average molecular weight is 409 g/mol. The highest BCUT2D eigenvalue weighted by Crippen LogP contribution is 2.19. The Balaban J connectivity index is 1.72. The summed E-state index contributed by atoms with van der Waals surface area (Å²) < 4.78 is 15.4. The van der Waals surface area contributed by atoms with Crippen LogP contribution in [-0.2, 0) is 6.54 Å². The lowest BCUT2D eigenvalue weighted by atomic mass is 10.2. The molecule has 3 aromatic rings. The second-order valence-corrected chi connectivity index (χ2v) is 6.33. The number of rotatable bonds is 4. The van der Waals surface area contributed by atoms with Gasteiger partial charge in [-0.25, -0.2) is 4.39 Å². The van der Waals surface area contributed by atoms with Gasteiger partial charge in [-0.05, 0) is 45.8 Å². The smallest absolute Gasteiger partial charge is 0.258 e. The number of hydrogen-bond acceptors (Lipinski definition) is 2. The normalized spacial score (nSPS) is 10.6. The number of hydrogen-bond donors (Lipinski definition) is 1. The number of benzene rings is 2. The zero-order valence-electron chi connectivity index (χ0n) is 12.3. The van der Waals surface area contributed by atoms with E-state index in [2.05, 4.69) is 26.3 Å². The van der Waals surface area contributed by atoms with Gasteiger partial charge >= 0.3 is 0 Å². The number of anilines is 1. The minimum absolute atomic E-state index is 0.257. The van der Waals surface area contributed by atoms with Crippen LogP contribution < -0.4 is 5.32 Å². The summed E-state index contributed by atoms with van der Waals surface area (Å²) in [6.07, 6.45) is 1.72. The van der Waals surface area contributed by atoms with Crippen LogP contribution in [-0.4, -0.2) is 15.7 Å². The van der Waals surface area contributed by atoms with Gasteiger partial charge in [0.05, 0.1) is 12.1 Å². The first kappa shape index (κ1) is 16.7. The lowest BCUT2D eigenvalue weighted by Gasteiger charge is -2.06. The maximum atomic E-state index is 13.1. The maximum Gasteiger partial charge on any atom is 0.258 e. The third kappa shape index (κ3) is 3.83. The molecule has 0 aliphatic rings. The quantitative estimate of drug-likeness (QED) is 0.678.